The van der Waals surface area contributed by atoms with Crippen molar-refractivity contribution in [1.29, 1.82) is 0 Å². The molecule has 4 atom stereocenters. The van der Waals surface area contributed by atoms with Gasteiger partial charge in [0.1, 0.15) is 12.8 Å². The average Bonchev–Trinajstić information content (AvgIpc) is 3.08. The van der Waals surface area contributed by atoms with Crippen LogP contribution in [0.3, 0.4) is 0 Å². The van der Waals surface area contributed by atoms with E-state index < -0.39 is 46.8 Å². The molecule has 0 spiro atoms. The highest BCUT2D eigenvalue weighted by atomic mass is 32.2. The van der Waals surface area contributed by atoms with Gasteiger partial charge < -0.3 is 14.5 Å². The number of nitrogens with zero attached hydrogens (tertiary/aromatic N) is 2. The number of likely N-dealkylation sites (N-methyl/N-ethyl adjacent to an activating group) is 1. The molecule has 2 aromatic carbocycles. The van der Waals surface area contributed by atoms with Crippen LogP contribution in [0.15, 0.2) is 42.5 Å². The summed E-state index contributed by atoms with van der Waals surface area (Å²) in [7, 11) is -1.27. The van der Waals surface area contributed by atoms with E-state index in [2.05, 4.69) is 4.72 Å². The monoisotopic (exact) mass is 485 g/mol. The fraction of sp³-hybridized carbons (Fsp3) is 0.409. The topological polar surface area (TPSA) is 61.9 Å². The molecule has 0 aromatic heterocycles. The minimum atomic E-state index is -3.19. The second kappa shape index (κ2) is 9.68. The number of halogens is 4. The SMILES string of the molecule is CN1CCOc2c(F)cccc2-c2cccc(c2)CC2C(NS(=O)C(F)F)C(F)CN2C1=O. The maximum atomic E-state index is 14.9. The normalized spacial score (nSPS) is 24.3. The number of benzene rings is 2. The number of carbonyl (C=O) groups excluding carboxylic acids is 1. The van der Waals surface area contributed by atoms with E-state index >= 15 is 0 Å². The molecular formula is C22H23F4N3O3S. The Bertz CT molecular complexity index is 1060. The van der Waals surface area contributed by atoms with Gasteiger partial charge in [0, 0.05) is 12.6 Å². The lowest BCUT2D eigenvalue weighted by Gasteiger charge is -2.31. The van der Waals surface area contributed by atoms with Crippen LogP contribution in [-0.2, 0) is 17.4 Å². The third kappa shape index (κ3) is 4.84. The van der Waals surface area contributed by atoms with Crippen LogP contribution in [0.25, 0.3) is 11.1 Å². The molecule has 0 radical (unpaired) electrons. The molecule has 11 heteroatoms. The zero-order valence-corrected chi connectivity index (χ0v) is 18.5. The standard InChI is InChI=1S/C22H23F4N3O3S/c1-28-8-9-32-20-15(6-3-7-16(20)23)14-5-2-4-13(10-14)11-18-19(27-33(31)21(25)26)17(24)12-29(18)22(28)30/h2-7,10,17-19,21,27H,8-9,11-12H2,1H3. The van der Waals surface area contributed by atoms with Gasteiger partial charge in [-0.05, 0) is 23.6 Å². The molecule has 0 saturated carbocycles. The number of rotatable bonds is 3. The van der Waals surface area contributed by atoms with Gasteiger partial charge in [0.2, 0.25) is 0 Å². The van der Waals surface area contributed by atoms with Crippen molar-refractivity contribution in [1.82, 2.24) is 14.5 Å². The molecule has 4 unspecified atom stereocenters. The first kappa shape index (κ1) is 23.5. The van der Waals surface area contributed by atoms with E-state index in [-0.39, 0.29) is 31.9 Å². The molecule has 33 heavy (non-hydrogen) atoms. The fourth-order valence-electron chi connectivity index (χ4n) is 4.26. The fourth-order valence-corrected chi connectivity index (χ4v) is 4.93. The molecule has 2 aliphatic rings. The lowest BCUT2D eigenvalue weighted by atomic mass is 9.96. The molecule has 4 rings (SSSR count). The number of hydrogen-bond acceptors (Lipinski definition) is 3. The summed E-state index contributed by atoms with van der Waals surface area (Å²) in [6, 6.07) is 8.95. The van der Waals surface area contributed by atoms with Crippen molar-refractivity contribution in [3.05, 3.63) is 53.8 Å². The van der Waals surface area contributed by atoms with Crippen molar-refractivity contribution in [3.8, 4) is 16.9 Å². The van der Waals surface area contributed by atoms with Crippen LogP contribution in [0, 0.1) is 5.82 Å². The quantitative estimate of drug-likeness (QED) is 0.679. The van der Waals surface area contributed by atoms with Crippen LogP contribution in [0.5, 0.6) is 5.75 Å². The predicted octanol–water partition coefficient (Wildman–Crippen LogP) is 3.35. The Hall–Kier alpha value is -2.66. The van der Waals surface area contributed by atoms with Crippen molar-refractivity contribution in [3.63, 3.8) is 0 Å². The van der Waals surface area contributed by atoms with Crippen LogP contribution in [0.2, 0.25) is 0 Å². The molecule has 0 aliphatic carbocycles. The predicted molar refractivity (Wildman–Crippen MR) is 116 cm³/mol. The zero-order valence-electron chi connectivity index (χ0n) is 17.7. The molecule has 2 amide bonds. The molecule has 1 N–H and O–H groups in total. The van der Waals surface area contributed by atoms with Gasteiger partial charge in [-0.3, -0.25) is 0 Å². The van der Waals surface area contributed by atoms with Crippen LogP contribution < -0.4 is 9.46 Å². The van der Waals surface area contributed by atoms with E-state index in [4.69, 9.17) is 4.74 Å². The summed E-state index contributed by atoms with van der Waals surface area (Å²) in [5.74, 6) is -3.67. The van der Waals surface area contributed by atoms with Crippen LogP contribution in [0.1, 0.15) is 5.56 Å². The maximum absolute atomic E-state index is 14.9. The molecule has 2 aliphatic heterocycles. The highest BCUT2D eigenvalue weighted by Crippen LogP contribution is 2.34. The molecule has 6 nitrogen and oxygen atoms in total. The summed E-state index contributed by atoms with van der Waals surface area (Å²) in [5, 5.41) is 0. The van der Waals surface area contributed by atoms with E-state index in [1.54, 1.807) is 36.4 Å². The first-order valence-electron chi connectivity index (χ1n) is 10.4. The molecule has 1 saturated heterocycles. The first-order valence-corrected chi connectivity index (χ1v) is 11.6. The van der Waals surface area contributed by atoms with Crippen LogP contribution in [0.4, 0.5) is 22.4 Å². The summed E-state index contributed by atoms with van der Waals surface area (Å²) in [6.45, 7) is -0.253. The number of fused-ring (bicyclic) bond motifs is 5. The smallest absolute Gasteiger partial charge is 0.325 e. The molecule has 2 bridgehead atoms. The number of ether oxygens (including phenoxy) is 1. The van der Waals surface area contributed by atoms with Crippen LogP contribution in [-0.4, -0.2) is 70.8 Å². The molecule has 178 valence electrons. The van der Waals surface area contributed by atoms with E-state index in [1.165, 1.54) is 22.9 Å². The van der Waals surface area contributed by atoms with Crippen molar-refractivity contribution in [2.45, 2.75) is 30.4 Å². The minimum Gasteiger partial charge on any atom is -0.488 e. The van der Waals surface area contributed by atoms with E-state index in [1.807, 2.05) is 0 Å². The lowest BCUT2D eigenvalue weighted by molar-refractivity contribution is 0.145. The minimum absolute atomic E-state index is 0.00942. The molecular weight excluding hydrogens is 462 g/mol. The van der Waals surface area contributed by atoms with Crippen molar-refractivity contribution in [2.24, 2.45) is 0 Å². The Labute approximate surface area is 191 Å². The van der Waals surface area contributed by atoms with Crippen molar-refractivity contribution < 1.29 is 31.3 Å². The van der Waals surface area contributed by atoms with E-state index in [0.29, 0.717) is 16.7 Å². The van der Waals surface area contributed by atoms with Gasteiger partial charge in [-0.25, -0.2) is 22.5 Å². The Morgan fingerprint density at radius 2 is 1.97 bits per heavy atom. The zero-order chi connectivity index (χ0) is 23.7. The van der Waals surface area contributed by atoms with Gasteiger partial charge in [-0.15, -0.1) is 0 Å². The summed E-state index contributed by atoms with van der Waals surface area (Å²) in [4.78, 5) is 15.7. The van der Waals surface area contributed by atoms with E-state index in [0.717, 1.165) is 0 Å². The van der Waals surface area contributed by atoms with Gasteiger partial charge in [0.25, 0.3) is 0 Å². The molecule has 2 heterocycles. The number of hydrogen-bond donors (Lipinski definition) is 1. The molecule has 2 aromatic rings. The van der Waals surface area contributed by atoms with Gasteiger partial charge in [0.05, 0.1) is 25.2 Å². The largest absolute Gasteiger partial charge is 0.488 e. The van der Waals surface area contributed by atoms with Crippen molar-refractivity contribution in [2.75, 3.05) is 26.7 Å². The Morgan fingerprint density at radius 1 is 1.21 bits per heavy atom. The lowest BCUT2D eigenvalue weighted by Crippen LogP contribution is -2.51. The third-order valence-corrected chi connectivity index (χ3v) is 6.71. The number of alkyl halides is 3. The second-order valence-electron chi connectivity index (χ2n) is 8.01. The highest BCUT2D eigenvalue weighted by molar-refractivity contribution is 7.83. The Kier molecular flexibility index (Phi) is 6.89. The molecule has 1 fully saturated rings. The van der Waals surface area contributed by atoms with E-state index in [9.17, 15) is 26.6 Å². The summed E-state index contributed by atoms with van der Waals surface area (Å²) < 4.78 is 74.9. The maximum Gasteiger partial charge on any atom is 0.325 e. The Morgan fingerprint density at radius 3 is 2.73 bits per heavy atom. The number of nitrogens with one attached hydrogen (secondary N) is 1. The van der Waals surface area contributed by atoms with Gasteiger partial charge >= 0.3 is 11.8 Å². The number of carbonyl (C=O) groups is 1. The van der Waals surface area contributed by atoms with Gasteiger partial charge in [-0.1, -0.05) is 36.4 Å². The van der Waals surface area contributed by atoms with Crippen molar-refractivity contribution >= 4 is 17.0 Å². The number of urea groups is 1. The van der Waals surface area contributed by atoms with Crippen LogP contribution >= 0.6 is 0 Å². The third-order valence-electron chi connectivity index (χ3n) is 5.88. The summed E-state index contributed by atoms with van der Waals surface area (Å²) in [5.41, 5.74) is 1.85. The average molecular weight is 486 g/mol. The summed E-state index contributed by atoms with van der Waals surface area (Å²) >= 11 is 0. The van der Waals surface area contributed by atoms with Gasteiger partial charge in [0.15, 0.2) is 22.6 Å². The summed E-state index contributed by atoms with van der Waals surface area (Å²) in [6.07, 6.45) is -1.56. The Balaban J connectivity index is 1.76. The van der Waals surface area contributed by atoms with Gasteiger partial charge in [-0.2, -0.15) is 8.78 Å². The number of amides is 2. The second-order valence-corrected chi connectivity index (χ2v) is 9.20. The first-order chi connectivity index (χ1) is 15.8. The number of para-hydroxylation sites is 1. The highest BCUT2D eigenvalue weighted by Gasteiger charge is 2.46.